The molecule has 3 atom stereocenters. The highest BCUT2D eigenvalue weighted by molar-refractivity contribution is 5.17. The van der Waals surface area contributed by atoms with E-state index in [1.165, 1.54) is 0 Å². The SMILES string of the molecule is CN(C)CC1CC(O)CN1CCC(O)c1ccccc1. The molecule has 3 unspecified atom stereocenters. The zero-order chi connectivity index (χ0) is 14.5. The van der Waals surface area contributed by atoms with E-state index < -0.39 is 6.10 Å². The summed E-state index contributed by atoms with van der Waals surface area (Å²) >= 11 is 0. The monoisotopic (exact) mass is 278 g/mol. The van der Waals surface area contributed by atoms with Crippen LogP contribution in [0.15, 0.2) is 30.3 Å². The molecule has 0 aliphatic carbocycles. The van der Waals surface area contributed by atoms with Crippen molar-refractivity contribution in [2.75, 3.05) is 33.7 Å². The molecule has 0 aromatic heterocycles. The van der Waals surface area contributed by atoms with Crippen molar-refractivity contribution >= 4 is 0 Å². The van der Waals surface area contributed by atoms with Crippen LogP contribution in [0.25, 0.3) is 0 Å². The fraction of sp³-hybridized carbons (Fsp3) is 0.625. The molecule has 1 saturated heterocycles. The molecule has 0 saturated carbocycles. The molecule has 4 heteroatoms. The second kappa shape index (κ2) is 7.18. The van der Waals surface area contributed by atoms with E-state index in [9.17, 15) is 10.2 Å². The Bertz CT molecular complexity index is 397. The van der Waals surface area contributed by atoms with Crippen LogP contribution in [0, 0.1) is 0 Å². The number of rotatable bonds is 6. The van der Waals surface area contributed by atoms with Crippen LogP contribution in [0.5, 0.6) is 0 Å². The van der Waals surface area contributed by atoms with E-state index in [-0.39, 0.29) is 6.10 Å². The number of nitrogens with zero attached hydrogens (tertiary/aromatic N) is 2. The number of β-amino-alcohol motifs (C(OH)–C–C–N with tert-alkyl or cyclic N) is 1. The Kier molecular flexibility index (Phi) is 5.54. The Hall–Kier alpha value is -0.940. The fourth-order valence-electron chi connectivity index (χ4n) is 2.97. The standard InChI is InChI=1S/C16H26N2O2/c1-17(2)11-14-10-15(19)12-18(14)9-8-16(20)13-6-4-3-5-7-13/h3-7,14-16,19-20H,8-12H2,1-2H3. The lowest BCUT2D eigenvalue weighted by Gasteiger charge is -2.27. The Morgan fingerprint density at radius 3 is 2.65 bits per heavy atom. The predicted octanol–water partition coefficient (Wildman–Crippen LogP) is 1.11. The van der Waals surface area contributed by atoms with Crippen molar-refractivity contribution in [3.63, 3.8) is 0 Å². The lowest BCUT2D eigenvalue weighted by molar-refractivity contribution is 0.125. The third kappa shape index (κ3) is 4.28. The van der Waals surface area contributed by atoms with E-state index in [1.54, 1.807) is 0 Å². The molecule has 1 aliphatic heterocycles. The number of hydrogen-bond donors (Lipinski definition) is 2. The normalized spacial score (nSPS) is 25.2. The zero-order valence-electron chi connectivity index (χ0n) is 12.4. The van der Waals surface area contributed by atoms with Gasteiger partial charge in [0.25, 0.3) is 0 Å². The van der Waals surface area contributed by atoms with Gasteiger partial charge in [-0.3, -0.25) is 4.90 Å². The lowest BCUT2D eigenvalue weighted by atomic mass is 10.1. The summed E-state index contributed by atoms with van der Waals surface area (Å²) in [5.41, 5.74) is 0.969. The molecule has 0 spiro atoms. The number of benzene rings is 1. The summed E-state index contributed by atoms with van der Waals surface area (Å²) in [5, 5.41) is 20.1. The molecule has 20 heavy (non-hydrogen) atoms. The Labute approximate surface area is 121 Å². The molecule has 1 aliphatic rings. The predicted molar refractivity (Wildman–Crippen MR) is 80.6 cm³/mol. The molecule has 1 aromatic rings. The van der Waals surface area contributed by atoms with E-state index in [0.29, 0.717) is 12.5 Å². The lowest BCUT2D eigenvalue weighted by Crippen LogP contribution is -2.38. The minimum Gasteiger partial charge on any atom is -0.392 e. The molecule has 0 bridgehead atoms. The molecule has 112 valence electrons. The summed E-state index contributed by atoms with van der Waals surface area (Å²) < 4.78 is 0. The van der Waals surface area contributed by atoms with E-state index in [2.05, 4.69) is 23.9 Å². The zero-order valence-corrected chi connectivity index (χ0v) is 12.4. The largest absolute Gasteiger partial charge is 0.392 e. The molecular formula is C16H26N2O2. The highest BCUT2D eigenvalue weighted by Crippen LogP contribution is 2.22. The number of likely N-dealkylation sites (tertiary alicyclic amines) is 1. The maximum Gasteiger partial charge on any atom is 0.0802 e. The highest BCUT2D eigenvalue weighted by Gasteiger charge is 2.31. The van der Waals surface area contributed by atoms with Crippen molar-refractivity contribution in [2.45, 2.75) is 31.1 Å². The van der Waals surface area contributed by atoms with E-state index in [1.807, 2.05) is 30.3 Å². The third-order valence-electron chi connectivity index (χ3n) is 3.96. The first kappa shape index (κ1) is 15.4. The Morgan fingerprint density at radius 2 is 2.00 bits per heavy atom. The van der Waals surface area contributed by atoms with E-state index >= 15 is 0 Å². The van der Waals surface area contributed by atoms with Crippen LogP contribution in [0.4, 0.5) is 0 Å². The smallest absolute Gasteiger partial charge is 0.0802 e. The topological polar surface area (TPSA) is 46.9 Å². The molecule has 4 nitrogen and oxygen atoms in total. The first-order valence-electron chi connectivity index (χ1n) is 7.36. The summed E-state index contributed by atoms with van der Waals surface area (Å²) in [4.78, 5) is 4.46. The summed E-state index contributed by atoms with van der Waals surface area (Å²) in [6, 6.07) is 10.2. The van der Waals surface area contributed by atoms with Gasteiger partial charge in [0, 0.05) is 25.7 Å². The third-order valence-corrected chi connectivity index (χ3v) is 3.96. The Morgan fingerprint density at radius 1 is 1.30 bits per heavy atom. The number of likely N-dealkylation sites (N-methyl/N-ethyl adjacent to an activating group) is 1. The van der Waals surface area contributed by atoms with Crippen molar-refractivity contribution in [3.8, 4) is 0 Å². The molecule has 1 aromatic carbocycles. The van der Waals surface area contributed by atoms with Gasteiger partial charge in [0.05, 0.1) is 12.2 Å². The van der Waals surface area contributed by atoms with Crippen molar-refractivity contribution in [1.29, 1.82) is 0 Å². The van der Waals surface area contributed by atoms with Gasteiger partial charge < -0.3 is 15.1 Å². The van der Waals surface area contributed by atoms with Crippen LogP contribution in [0.3, 0.4) is 0 Å². The molecular weight excluding hydrogens is 252 g/mol. The molecule has 0 radical (unpaired) electrons. The highest BCUT2D eigenvalue weighted by atomic mass is 16.3. The number of aliphatic hydroxyl groups excluding tert-OH is 2. The minimum absolute atomic E-state index is 0.228. The summed E-state index contributed by atoms with van der Waals surface area (Å²) in [7, 11) is 4.11. The average molecular weight is 278 g/mol. The van der Waals surface area contributed by atoms with Gasteiger partial charge in [0.2, 0.25) is 0 Å². The number of aliphatic hydroxyl groups is 2. The van der Waals surface area contributed by atoms with Gasteiger partial charge in [-0.15, -0.1) is 0 Å². The summed E-state index contributed by atoms with van der Waals surface area (Å²) in [6.07, 6.45) is 0.892. The second-order valence-electron chi connectivity index (χ2n) is 6.02. The van der Waals surface area contributed by atoms with Gasteiger partial charge in [0.1, 0.15) is 0 Å². The molecule has 1 heterocycles. The minimum atomic E-state index is -0.422. The van der Waals surface area contributed by atoms with Crippen LogP contribution in [0.2, 0.25) is 0 Å². The van der Waals surface area contributed by atoms with Crippen molar-refractivity contribution < 1.29 is 10.2 Å². The molecule has 2 N–H and O–H groups in total. The average Bonchev–Trinajstić information content (AvgIpc) is 2.76. The van der Waals surface area contributed by atoms with Gasteiger partial charge in [0.15, 0.2) is 0 Å². The van der Waals surface area contributed by atoms with Gasteiger partial charge in [-0.25, -0.2) is 0 Å². The molecule has 1 fully saturated rings. The maximum atomic E-state index is 10.2. The van der Waals surface area contributed by atoms with Crippen LogP contribution in [0.1, 0.15) is 24.5 Å². The summed E-state index contributed by atoms with van der Waals surface area (Å²) in [5.74, 6) is 0. The Balaban J connectivity index is 1.86. The quantitative estimate of drug-likeness (QED) is 0.818. The van der Waals surface area contributed by atoms with E-state index in [4.69, 9.17) is 0 Å². The van der Waals surface area contributed by atoms with Crippen molar-refractivity contribution in [2.24, 2.45) is 0 Å². The van der Waals surface area contributed by atoms with Crippen LogP contribution in [-0.2, 0) is 0 Å². The first-order valence-corrected chi connectivity index (χ1v) is 7.36. The van der Waals surface area contributed by atoms with Crippen LogP contribution >= 0.6 is 0 Å². The van der Waals surface area contributed by atoms with Gasteiger partial charge in [-0.2, -0.15) is 0 Å². The van der Waals surface area contributed by atoms with Crippen LogP contribution < -0.4 is 0 Å². The number of hydrogen-bond acceptors (Lipinski definition) is 4. The van der Waals surface area contributed by atoms with Crippen molar-refractivity contribution in [3.05, 3.63) is 35.9 Å². The molecule has 0 amide bonds. The van der Waals surface area contributed by atoms with Gasteiger partial charge in [-0.1, -0.05) is 30.3 Å². The van der Waals surface area contributed by atoms with Crippen molar-refractivity contribution in [1.82, 2.24) is 9.80 Å². The summed E-state index contributed by atoms with van der Waals surface area (Å²) in [6.45, 7) is 2.50. The van der Waals surface area contributed by atoms with E-state index in [0.717, 1.165) is 31.6 Å². The van der Waals surface area contributed by atoms with Gasteiger partial charge in [-0.05, 0) is 32.5 Å². The van der Waals surface area contributed by atoms with Gasteiger partial charge >= 0.3 is 0 Å². The maximum absolute atomic E-state index is 10.2. The molecule has 2 rings (SSSR count). The first-order chi connectivity index (χ1) is 9.56. The second-order valence-corrected chi connectivity index (χ2v) is 6.02. The fourth-order valence-corrected chi connectivity index (χ4v) is 2.97. The van der Waals surface area contributed by atoms with Crippen LogP contribution in [-0.4, -0.2) is 65.9 Å².